The number of halogens is 1. The van der Waals surface area contributed by atoms with Gasteiger partial charge in [0.1, 0.15) is 0 Å². The van der Waals surface area contributed by atoms with Gasteiger partial charge in [-0.3, -0.25) is 0 Å². The van der Waals surface area contributed by atoms with Crippen molar-refractivity contribution < 1.29 is 9.47 Å². The van der Waals surface area contributed by atoms with Crippen molar-refractivity contribution in [2.75, 3.05) is 17.6 Å². The third-order valence-corrected chi connectivity index (χ3v) is 3.98. The van der Waals surface area contributed by atoms with E-state index in [1.54, 1.807) is 0 Å². The summed E-state index contributed by atoms with van der Waals surface area (Å²) >= 11 is 2.39. The van der Waals surface area contributed by atoms with E-state index in [0.717, 1.165) is 24.1 Å². The molecule has 94 valence electrons. The van der Waals surface area contributed by atoms with E-state index < -0.39 is 0 Å². The first kappa shape index (κ1) is 13.3. The molecule has 1 aromatic carbocycles. The molecule has 1 saturated heterocycles. The van der Waals surface area contributed by atoms with Crippen molar-refractivity contribution in [3.05, 3.63) is 35.4 Å². The summed E-state index contributed by atoms with van der Waals surface area (Å²) in [7, 11) is 0. The number of alkyl halides is 1. The summed E-state index contributed by atoms with van der Waals surface area (Å²) in [6, 6.07) is 8.46. The van der Waals surface area contributed by atoms with Crippen LogP contribution in [0.4, 0.5) is 0 Å². The van der Waals surface area contributed by atoms with Crippen LogP contribution in [0.15, 0.2) is 24.3 Å². The van der Waals surface area contributed by atoms with Gasteiger partial charge in [-0.25, -0.2) is 0 Å². The SMILES string of the molecule is Cc1ccccc1C(CI)OCC1CCCO1. The Morgan fingerprint density at radius 3 is 2.94 bits per heavy atom. The molecule has 17 heavy (non-hydrogen) atoms. The molecule has 0 bridgehead atoms. The van der Waals surface area contributed by atoms with Gasteiger partial charge in [0.05, 0.1) is 18.8 Å². The largest absolute Gasteiger partial charge is 0.376 e. The molecule has 2 atom stereocenters. The molecule has 1 aliphatic heterocycles. The van der Waals surface area contributed by atoms with Gasteiger partial charge in [-0.1, -0.05) is 46.9 Å². The molecular weight excluding hydrogens is 327 g/mol. The molecule has 0 N–H and O–H groups in total. The maximum absolute atomic E-state index is 6.01. The lowest BCUT2D eigenvalue weighted by Gasteiger charge is -2.20. The van der Waals surface area contributed by atoms with Crippen molar-refractivity contribution >= 4 is 22.6 Å². The first-order valence-electron chi connectivity index (χ1n) is 6.16. The highest BCUT2D eigenvalue weighted by atomic mass is 127. The molecule has 1 aromatic rings. The second kappa shape index (κ2) is 6.71. The molecule has 0 aromatic heterocycles. The zero-order valence-electron chi connectivity index (χ0n) is 10.2. The molecule has 1 heterocycles. The molecule has 2 unspecified atom stereocenters. The molecule has 0 spiro atoms. The summed E-state index contributed by atoms with van der Waals surface area (Å²) in [6.45, 7) is 3.76. The van der Waals surface area contributed by atoms with Gasteiger partial charge in [-0.15, -0.1) is 0 Å². The summed E-state index contributed by atoms with van der Waals surface area (Å²) < 4.78 is 12.6. The normalized spacial score (nSPS) is 21.6. The molecule has 0 saturated carbocycles. The monoisotopic (exact) mass is 346 g/mol. The summed E-state index contributed by atoms with van der Waals surface area (Å²) in [6.07, 6.45) is 2.82. The van der Waals surface area contributed by atoms with E-state index in [9.17, 15) is 0 Å². The average Bonchev–Trinajstić information content (AvgIpc) is 2.85. The summed E-state index contributed by atoms with van der Waals surface area (Å²) in [5, 5.41) is 0. The first-order chi connectivity index (χ1) is 8.31. The van der Waals surface area contributed by atoms with Gasteiger partial charge in [0.2, 0.25) is 0 Å². The summed E-state index contributed by atoms with van der Waals surface area (Å²) in [4.78, 5) is 0. The predicted octanol–water partition coefficient (Wildman–Crippen LogP) is 3.67. The highest BCUT2D eigenvalue weighted by Crippen LogP contribution is 2.24. The lowest BCUT2D eigenvalue weighted by atomic mass is 10.0. The molecule has 2 nitrogen and oxygen atoms in total. The second-order valence-corrected chi connectivity index (χ2v) is 5.35. The number of hydrogen-bond acceptors (Lipinski definition) is 2. The highest BCUT2D eigenvalue weighted by molar-refractivity contribution is 14.1. The van der Waals surface area contributed by atoms with Crippen LogP contribution in [0.5, 0.6) is 0 Å². The van der Waals surface area contributed by atoms with Crippen LogP contribution in [-0.4, -0.2) is 23.7 Å². The van der Waals surface area contributed by atoms with Crippen LogP contribution in [-0.2, 0) is 9.47 Å². The quantitative estimate of drug-likeness (QED) is 0.598. The van der Waals surface area contributed by atoms with Gasteiger partial charge in [-0.2, -0.15) is 0 Å². The van der Waals surface area contributed by atoms with Crippen LogP contribution in [0.25, 0.3) is 0 Å². The molecule has 0 radical (unpaired) electrons. The zero-order valence-corrected chi connectivity index (χ0v) is 12.4. The maximum Gasteiger partial charge on any atom is 0.0918 e. The van der Waals surface area contributed by atoms with Crippen LogP contribution in [0, 0.1) is 6.92 Å². The minimum Gasteiger partial charge on any atom is -0.376 e. The van der Waals surface area contributed by atoms with Crippen LogP contribution < -0.4 is 0 Å². The van der Waals surface area contributed by atoms with E-state index in [0.29, 0.717) is 6.10 Å². The number of ether oxygens (including phenoxy) is 2. The lowest BCUT2D eigenvalue weighted by Crippen LogP contribution is -2.18. The first-order valence-corrected chi connectivity index (χ1v) is 7.68. The van der Waals surface area contributed by atoms with E-state index in [-0.39, 0.29) is 6.10 Å². The Balaban J connectivity index is 1.94. The van der Waals surface area contributed by atoms with E-state index in [1.165, 1.54) is 17.5 Å². The number of aryl methyl sites for hydroxylation is 1. The smallest absolute Gasteiger partial charge is 0.0918 e. The minimum atomic E-state index is 0.195. The summed E-state index contributed by atoms with van der Waals surface area (Å²) in [5.74, 6) is 0. The van der Waals surface area contributed by atoms with Crippen molar-refractivity contribution in [1.29, 1.82) is 0 Å². The maximum atomic E-state index is 6.01. The van der Waals surface area contributed by atoms with Crippen molar-refractivity contribution in [2.24, 2.45) is 0 Å². The molecule has 0 aliphatic carbocycles. The van der Waals surface area contributed by atoms with Gasteiger partial charge < -0.3 is 9.47 Å². The van der Waals surface area contributed by atoms with E-state index >= 15 is 0 Å². The Morgan fingerprint density at radius 2 is 2.29 bits per heavy atom. The Kier molecular flexibility index (Phi) is 5.25. The number of hydrogen-bond donors (Lipinski definition) is 0. The van der Waals surface area contributed by atoms with Crippen molar-refractivity contribution in [2.45, 2.75) is 32.0 Å². The Bertz CT molecular complexity index is 348. The molecule has 2 rings (SSSR count). The fourth-order valence-corrected chi connectivity index (χ4v) is 2.89. The standard InChI is InChI=1S/C14H19IO2/c1-11-5-2-3-7-13(11)14(9-15)17-10-12-6-4-8-16-12/h2-3,5,7,12,14H,4,6,8-10H2,1H3. The Labute approximate surface area is 117 Å². The van der Waals surface area contributed by atoms with Crippen LogP contribution in [0.1, 0.15) is 30.1 Å². The second-order valence-electron chi connectivity index (χ2n) is 4.47. The van der Waals surface area contributed by atoms with Crippen molar-refractivity contribution in [1.82, 2.24) is 0 Å². The molecule has 0 amide bonds. The van der Waals surface area contributed by atoms with Crippen LogP contribution >= 0.6 is 22.6 Å². The van der Waals surface area contributed by atoms with Crippen LogP contribution in [0.2, 0.25) is 0 Å². The van der Waals surface area contributed by atoms with E-state index in [4.69, 9.17) is 9.47 Å². The number of rotatable bonds is 5. The fraction of sp³-hybridized carbons (Fsp3) is 0.571. The van der Waals surface area contributed by atoms with Crippen LogP contribution in [0.3, 0.4) is 0 Å². The average molecular weight is 346 g/mol. The molecular formula is C14H19IO2. The molecule has 1 aliphatic rings. The predicted molar refractivity (Wildman–Crippen MR) is 77.7 cm³/mol. The van der Waals surface area contributed by atoms with E-state index in [2.05, 4.69) is 53.8 Å². The van der Waals surface area contributed by atoms with Gasteiger partial charge in [0.15, 0.2) is 0 Å². The third-order valence-electron chi connectivity index (χ3n) is 3.18. The number of benzene rings is 1. The van der Waals surface area contributed by atoms with Crippen molar-refractivity contribution in [3.8, 4) is 0 Å². The van der Waals surface area contributed by atoms with Gasteiger partial charge in [-0.05, 0) is 30.9 Å². The fourth-order valence-electron chi connectivity index (χ4n) is 2.16. The highest BCUT2D eigenvalue weighted by Gasteiger charge is 2.19. The minimum absolute atomic E-state index is 0.195. The van der Waals surface area contributed by atoms with Gasteiger partial charge in [0, 0.05) is 11.0 Å². The van der Waals surface area contributed by atoms with E-state index in [1.807, 2.05) is 0 Å². The molecule has 1 fully saturated rings. The van der Waals surface area contributed by atoms with Gasteiger partial charge in [0.25, 0.3) is 0 Å². The molecule has 3 heteroatoms. The Hall–Kier alpha value is -0.130. The van der Waals surface area contributed by atoms with Gasteiger partial charge >= 0.3 is 0 Å². The third kappa shape index (κ3) is 3.66. The topological polar surface area (TPSA) is 18.5 Å². The summed E-state index contributed by atoms with van der Waals surface area (Å²) in [5.41, 5.74) is 2.61. The van der Waals surface area contributed by atoms with Crippen molar-refractivity contribution in [3.63, 3.8) is 0 Å². The Morgan fingerprint density at radius 1 is 1.47 bits per heavy atom. The zero-order chi connectivity index (χ0) is 12.1. The lowest BCUT2D eigenvalue weighted by molar-refractivity contribution is -0.0123.